The molecule has 0 saturated carbocycles. The van der Waals surface area contributed by atoms with Crippen molar-refractivity contribution in [2.45, 2.75) is 12.8 Å². The van der Waals surface area contributed by atoms with Crippen LogP contribution in [0.3, 0.4) is 0 Å². The third-order valence-electron chi connectivity index (χ3n) is 3.18. The maximum Gasteiger partial charge on any atom is 0.125 e. The summed E-state index contributed by atoms with van der Waals surface area (Å²) in [6.45, 7) is 0. The fourth-order valence-corrected chi connectivity index (χ4v) is 2.42. The van der Waals surface area contributed by atoms with Crippen molar-refractivity contribution in [1.82, 2.24) is 0 Å². The van der Waals surface area contributed by atoms with Crippen molar-refractivity contribution in [2.24, 2.45) is 15.7 Å². The summed E-state index contributed by atoms with van der Waals surface area (Å²) in [4.78, 5) is 8.94. The predicted molar refractivity (Wildman–Crippen MR) is 84.9 cm³/mol. The predicted octanol–water partition coefficient (Wildman–Crippen LogP) is 3.92. The highest BCUT2D eigenvalue weighted by atomic mass is 35.5. The van der Waals surface area contributed by atoms with Gasteiger partial charge in [-0.05, 0) is 42.7 Å². The Morgan fingerprint density at radius 1 is 1.15 bits per heavy atom. The SMILES string of the molecule is NC1=Nc2ccc(Cl)cc2C(C2=CCCC=C2)=NC=C1. The van der Waals surface area contributed by atoms with E-state index < -0.39 is 0 Å². The average molecular weight is 284 g/mol. The number of benzene rings is 1. The largest absolute Gasteiger partial charge is 0.384 e. The van der Waals surface area contributed by atoms with Gasteiger partial charge in [-0.2, -0.15) is 0 Å². The summed E-state index contributed by atoms with van der Waals surface area (Å²) in [5.74, 6) is 0.435. The summed E-state index contributed by atoms with van der Waals surface area (Å²) in [6.07, 6.45) is 11.9. The van der Waals surface area contributed by atoms with Crippen LogP contribution in [0, 0.1) is 0 Å². The highest BCUT2D eigenvalue weighted by molar-refractivity contribution is 6.31. The summed E-state index contributed by atoms with van der Waals surface area (Å²) in [6, 6.07) is 5.56. The molecule has 1 heterocycles. The Hall–Kier alpha value is -2.13. The van der Waals surface area contributed by atoms with E-state index in [9.17, 15) is 0 Å². The zero-order chi connectivity index (χ0) is 13.9. The van der Waals surface area contributed by atoms with E-state index in [1.807, 2.05) is 18.2 Å². The van der Waals surface area contributed by atoms with E-state index >= 15 is 0 Å². The monoisotopic (exact) mass is 283 g/mol. The molecule has 0 spiro atoms. The molecule has 3 rings (SSSR count). The molecule has 100 valence electrons. The smallest absolute Gasteiger partial charge is 0.125 e. The summed E-state index contributed by atoms with van der Waals surface area (Å²) in [5, 5.41) is 0.662. The number of nitrogens with zero attached hydrogens (tertiary/aromatic N) is 2. The van der Waals surface area contributed by atoms with E-state index in [0.29, 0.717) is 10.9 Å². The third-order valence-corrected chi connectivity index (χ3v) is 3.42. The first kappa shape index (κ1) is 12.9. The van der Waals surface area contributed by atoms with Gasteiger partial charge in [0.1, 0.15) is 5.84 Å². The molecule has 2 aliphatic rings. The number of halogens is 1. The maximum atomic E-state index is 6.12. The van der Waals surface area contributed by atoms with Crippen LogP contribution in [0.25, 0.3) is 0 Å². The number of amidine groups is 1. The van der Waals surface area contributed by atoms with Crippen LogP contribution >= 0.6 is 11.6 Å². The number of rotatable bonds is 1. The van der Waals surface area contributed by atoms with E-state index in [2.05, 4.69) is 28.2 Å². The van der Waals surface area contributed by atoms with Crippen molar-refractivity contribution in [2.75, 3.05) is 0 Å². The number of hydrogen-bond donors (Lipinski definition) is 1. The van der Waals surface area contributed by atoms with Crippen LogP contribution in [0.1, 0.15) is 18.4 Å². The average Bonchev–Trinajstić information content (AvgIpc) is 2.45. The molecule has 3 nitrogen and oxygen atoms in total. The third kappa shape index (κ3) is 2.58. The van der Waals surface area contributed by atoms with E-state index in [4.69, 9.17) is 17.3 Å². The molecule has 0 radical (unpaired) electrons. The van der Waals surface area contributed by atoms with Crippen LogP contribution in [0.2, 0.25) is 5.02 Å². The van der Waals surface area contributed by atoms with E-state index in [1.165, 1.54) is 0 Å². The van der Waals surface area contributed by atoms with Crippen LogP contribution in [0.4, 0.5) is 5.69 Å². The van der Waals surface area contributed by atoms with Gasteiger partial charge >= 0.3 is 0 Å². The van der Waals surface area contributed by atoms with Gasteiger partial charge in [-0.15, -0.1) is 0 Å². The van der Waals surface area contributed by atoms with Gasteiger partial charge in [0.15, 0.2) is 0 Å². The van der Waals surface area contributed by atoms with Crippen LogP contribution in [0.15, 0.2) is 64.3 Å². The molecule has 1 aliphatic carbocycles. The van der Waals surface area contributed by atoms with Crippen LogP contribution < -0.4 is 5.73 Å². The summed E-state index contributed by atoms with van der Waals surface area (Å²) >= 11 is 6.12. The molecule has 1 aromatic carbocycles. The van der Waals surface area contributed by atoms with Crippen molar-refractivity contribution in [3.8, 4) is 0 Å². The van der Waals surface area contributed by atoms with Crippen molar-refractivity contribution in [1.29, 1.82) is 0 Å². The Kier molecular flexibility index (Phi) is 3.52. The second-order valence-corrected chi connectivity index (χ2v) is 5.07. The lowest BCUT2D eigenvalue weighted by Gasteiger charge is -2.14. The number of nitrogens with two attached hydrogens (primary N) is 1. The molecule has 0 bridgehead atoms. The van der Waals surface area contributed by atoms with Gasteiger partial charge in [-0.1, -0.05) is 29.8 Å². The standard InChI is InChI=1S/C16H14ClN3/c17-12-6-7-14-13(10-12)16(11-4-2-1-3-5-11)19-9-8-15(18)20-14/h2,4-10H,1,3H2,(H2,18,20). The normalized spacial score (nSPS) is 17.6. The van der Waals surface area contributed by atoms with Crippen LogP contribution in [-0.2, 0) is 0 Å². The van der Waals surface area contributed by atoms with Gasteiger partial charge < -0.3 is 5.73 Å². The molecule has 0 unspecified atom stereocenters. The van der Waals surface area contributed by atoms with Crippen molar-refractivity contribution in [3.63, 3.8) is 0 Å². The van der Waals surface area contributed by atoms with Crippen molar-refractivity contribution >= 4 is 28.8 Å². The molecule has 0 saturated heterocycles. The molecule has 1 aliphatic heterocycles. The van der Waals surface area contributed by atoms with Gasteiger partial charge in [-0.3, -0.25) is 4.99 Å². The van der Waals surface area contributed by atoms with Gasteiger partial charge in [0, 0.05) is 16.8 Å². The molecule has 0 atom stereocenters. The van der Waals surface area contributed by atoms with Crippen molar-refractivity contribution in [3.05, 3.63) is 64.9 Å². The molecule has 2 N–H and O–H groups in total. The van der Waals surface area contributed by atoms with E-state index in [-0.39, 0.29) is 0 Å². The Labute approximate surface area is 122 Å². The molecule has 20 heavy (non-hydrogen) atoms. The molecular formula is C16H14ClN3. The molecule has 0 fully saturated rings. The number of hydrogen-bond acceptors (Lipinski definition) is 3. The van der Waals surface area contributed by atoms with Gasteiger partial charge in [-0.25, -0.2) is 4.99 Å². The maximum absolute atomic E-state index is 6.12. The fraction of sp³-hybridized carbons (Fsp3) is 0.125. The highest BCUT2D eigenvalue weighted by Crippen LogP contribution is 2.28. The first-order valence-corrected chi connectivity index (χ1v) is 6.87. The second-order valence-electron chi connectivity index (χ2n) is 4.63. The molecule has 1 aromatic rings. The van der Waals surface area contributed by atoms with E-state index in [1.54, 1.807) is 12.3 Å². The number of fused-ring (bicyclic) bond motifs is 1. The molecule has 4 heteroatoms. The quantitative estimate of drug-likeness (QED) is 0.834. The number of allylic oxidation sites excluding steroid dienone is 4. The molecular weight excluding hydrogens is 270 g/mol. The van der Waals surface area contributed by atoms with Gasteiger partial charge in [0.25, 0.3) is 0 Å². The topological polar surface area (TPSA) is 50.7 Å². The minimum absolute atomic E-state index is 0.435. The fourth-order valence-electron chi connectivity index (χ4n) is 2.25. The minimum Gasteiger partial charge on any atom is -0.384 e. The van der Waals surface area contributed by atoms with E-state index in [0.717, 1.165) is 35.4 Å². The zero-order valence-electron chi connectivity index (χ0n) is 10.9. The Bertz CT molecular complexity index is 694. The summed E-state index contributed by atoms with van der Waals surface area (Å²) in [7, 11) is 0. The van der Waals surface area contributed by atoms with Gasteiger partial charge in [0.2, 0.25) is 0 Å². The Balaban J connectivity index is 2.18. The highest BCUT2D eigenvalue weighted by Gasteiger charge is 2.15. The first-order valence-electron chi connectivity index (χ1n) is 6.49. The lowest BCUT2D eigenvalue weighted by atomic mass is 9.96. The summed E-state index contributed by atoms with van der Waals surface area (Å²) < 4.78 is 0. The lowest BCUT2D eigenvalue weighted by molar-refractivity contribution is 1.03. The Morgan fingerprint density at radius 3 is 2.85 bits per heavy atom. The summed E-state index contributed by atoms with van der Waals surface area (Å²) in [5.41, 5.74) is 9.48. The lowest BCUT2D eigenvalue weighted by Crippen LogP contribution is -2.11. The molecule has 0 amide bonds. The van der Waals surface area contributed by atoms with Crippen molar-refractivity contribution < 1.29 is 0 Å². The number of aliphatic imine (C=N–C) groups is 2. The van der Waals surface area contributed by atoms with Crippen LogP contribution in [0.5, 0.6) is 0 Å². The minimum atomic E-state index is 0.435. The van der Waals surface area contributed by atoms with Crippen LogP contribution in [-0.4, -0.2) is 11.5 Å². The second kappa shape index (κ2) is 5.47. The Morgan fingerprint density at radius 2 is 2.05 bits per heavy atom. The first-order chi connectivity index (χ1) is 9.74. The zero-order valence-corrected chi connectivity index (χ0v) is 11.6. The molecule has 0 aromatic heterocycles. The van der Waals surface area contributed by atoms with Gasteiger partial charge in [0.05, 0.1) is 11.4 Å².